The Labute approximate surface area is 204 Å². The molecule has 6 nitrogen and oxygen atoms in total. The molecule has 0 radical (unpaired) electrons. The van der Waals surface area contributed by atoms with Gasteiger partial charge in [-0.25, -0.2) is 14.2 Å². The van der Waals surface area contributed by atoms with Gasteiger partial charge in [0.25, 0.3) is 5.56 Å². The van der Waals surface area contributed by atoms with Crippen molar-refractivity contribution in [1.29, 1.82) is 0 Å². The smallest absolute Gasteiger partial charge is 0.310 e. The molecule has 1 aromatic heterocycles. The average molecular weight is 473 g/mol. The fraction of sp³-hybridized carbons (Fsp3) is 0.250. The summed E-state index contributed by atoms with van der Waals surface area (Å²) in [6, 6.07) is 21.8. The Morgan fingerprint density at radius 2 is 1.77 bits per heavy atom. The van der Waals surface area contributed by atoms with Crippen LogP contribution in [0.5, 0.6) is 0 Å². The summed E-state index contributed by atoms with van der Waals surface area (Å²) < 4.78 is 15.5. The molecule has 0 saturated carbocycles. The molecule has 4 rings (SSSR count). The Kier molecular flexibility index (Phi) is 7.55. The number of rotatable bonds is 8. The molecule has 180 valence electrons. The number of nitrogens with zero attached hydrogens (tertiary/aromatic N) is 3. The molecule has 0 aliphatic rings. The molecule has 1 unspecified atom stereocenters. The van der Waals surface area contributed by atoms with Crippen molar-refractivity contribution in [3.05, 3.63) is 106 Å². The van der Waals surface area contributed by atoms with E-state index in [0.717, 1.165) is 12.0 Å². The Morgan fingerprint density at radius 3 is 2.49 bits per heavy atom. The number of urea groups is 1. The molecule has 1 atom stereocenters. The molecule has 0 saturated heterocycles. The van der Waals surface area contributed by atoms with E-state index in [2.05, 4.69) is 5.32 Å². The second-order valence-electron chi connectivity index (χ2n) is 8.42. The molecule has 35 heavy (non-hydrogen) atoms. The maximum absolute atomic E-state index is 13.8. The number of carbonyl (C=O) groups is 1. The van der Waals surface area contributed by atoms with Crippen LogP contribution in [0.2, 0.25) is 0 Å². The predicted molar refractivity (Wildman–Crippen MR) is 137 cm³/mol. The third-order valence-corrected chi connectivity index (χ3v) is 5.93. The highest BCUT2D eigenvalue weighted by Crippen LogP contribution is 2.27. The van der Waals surface area contributed by atoms with Crippen molar-refractivity contribution >= 4 is 22.6 Å². The van der Waals surface area contributed by atoms with E-state index in [-0.39, 0.29) is 5.56 Å². The number of halogens is 1. The van der Waals surface area contributed by atoms with Crippen LogP contribution in [0.15, 0.2) is 83.7 Å². The first kappa shape index (κ1) is 24.1. The summed E-state index contributed by atoms with van der Waals surface area (Å²) in [6.45, 7) is 4.77. The van der Waals surface area contributed by atoms with Crippen molar-refractivity contribution in [3.63, 3.8) is 0 Å². The predicted octanol–water partition coefficient (Wildman–Crippen LogP) is 6.13. The number of carbonyl (C=O) groups excluding carboxylic acids is 1. The summed E-state index contributed by atoms with van der Waals surface area (Å²) in [5, 5.41) is 3.38. The summed E-state index contributed by atoms with van der Waals surface area (Å²) in [4.78, 5) is 33.5. The molecular formula is C28H29FN4O2. The Balaban J connectivity index is 1.81. The first-order chi connectivity index (χ1) is 17.0. The minimum absolute atomic E-state index is 0.115. The van der Waals surface area contributed by atoms with Crippen LogP contribution in [0.1, 0.15) is 44.1 Å². The quantitative estimate of drug-likeness (QED) is 0.335. The second-order valence-corrected chi connectivity index (χ2v) is 8.42. The van der Waals surface area contributed by atoms with E-state index in [1.807, 2.05) is 62.4 Å². The van der Waals surface area contributed by atoms with Crippen LogP contribution < -0.4 is 10.9 Å². The molecular weight excluding hydrogens is 443 g/mol. The lowest BCUT2D eigenvalue weighted by molar-refractivity contribution is 0.175. The topological polar surface area (TPSA) is 67.2 Å². The fourth-order valence-electron chi connectivity index (χ4n) is 4.29. The minimum Gasteiger partial charge on any atom is -0.310 e. The van der Waals surface area contributed by atoms with Gasteiger partial charge in [0.15, 0.2) is 0 Å². The summed E-state index contributed by atoms with van der Waals surface area (Å²) >= 11 is 0. The molecule has 2 amide bonds. The molecule has 1 N–H and O–H groups in total. The van der Waals surface area contributed by atoms with Gasteiger partial charge in [0.05, 0.1) is 16.9 Å². The Bertz CT molecular complexity index is 1370. The van der Waals surface area contributed by atoms with Gasteiger partial charge in [-0.2, -0.15) is 0 Å². The zero-order chi connectivity index (χ0) is 24.8. The second kappa shape index (κ2) is 11.0. The molecule has 0 aliphatic carbocycles. The Morgan fingerprint density at radius 1 is 1.03 bits per heavy atom. The van der Waals surface area contributed by atoms with Crippen molar-refractivity contribution in [2.75, 3.05) is 5.32 Å². The lowest BCUT2D eigenvalue weighted by Gasteiger charge is -2.32. The summed E-state index contributed by atoms with van der Waals surface area (Å²) in [5.41, 5.74) is 1.78. The molecule has 0 aliphatic heterocycles. The van der Waals surface area contributed by atoms with Crippen molar-refractivity contribution in [2.45, 2.75) is 45.8 Å². The number of para-hydroxylation sites is 1. The van der Waals surface area contributed by atoms with Crippen molar-refractivity contribution in [2.24, 2.45) is 0 Å². The van der Waals surface area contributed by atoms with E-state index < -0.39 is 17.9 Å². The van der Waals surface area contributed by atoms with Gasteiger partial charge in [0, 0.05) is 18.8 Å². The lowest BCUT2D eigenvalue weighted by atomic mass is 10.1. The van der Waals surface area contributed by atoms with Crippen molar-refractivity contribution < 1.29 is 9.18 Å². The number of fused-ring (bicyclic) bond motifs is 1. The maximum atomic E-state index is 13.8. The summed E-state index contributed by atoms with van der Waals surface area (Å²) in [5.74, 6) is 0.112. The van der Waals surface area contributed by atoms with Gasteiger partial charge in [-0.05, 0) is 48.7 Å². The minimum atomic E-state index is -0.479. The normalized spacial score (nSPS) is 11.9. The van der Waals surface area contributed by atoms with Gasteiger partial charge in [-0.15, -0.1) is 0 Å². The number of aromatic nitrogens is 2. The number of amides is 2. The third-order valence-electron chi connectivity index (χ3n) is 5.93. The van der Waals surface area contributed by atoms with Gasteiger partial charge >= 0.3 is 6.03 Å². The zero-order valence-electron chi connectivity index (χ0n) is 19.9. The van der Waals surface area contributed by atoms with Gasteiger partial charge in [-0.1, -0.05) is 62.4 Å². The van der Waals surface area contributed by atoms with Crippen LogP contribution >= 0.6 is 0 Å². The van der Waals surface area contributed by atoms with E-state index >= 15 is 0 Å². The van der Waals surface area contributed by atoms with Crippen LogP contribution in [-0.2, 0) is 13.1 Å². The van der Waals surface area contributed by atoms with Gasteiger partial charge < -0.3 is 10.2 Å². The summed E-state index contributed by atoms with van der Waals surface area (Å²) in [6.07, 6.45) is 1.29. The van der Waals surface area contributed by atoms with E-state index in [0.29, 0.717) is 41.9 Å². The van der Waals surface area contributed by atoms with Crippen LogP contribution in [0.4, 0.5) is 14.9 Å². The first-order valence-electron chi connectivity index (χ1n) is 11.9. The van der Waals surface area contributed by atoms with Gasteiger partial charge in [0.2, 0.25) is 0 Å². The van der Waals surface area contributed by atoms with Crippen LogP contribution in [0, 0.1) is 5.82 Å². The zero-order valence-corrected chi connectivity index (χ0v) is 19.9. The van der Waals surface area contributed by atoms with E-state index in [1.165, 1.54) is 12.1 Å². The number of nitrogens with one attached hydrogen (secondary N) is 1. The first-order valence-corrected chi connectivity index (χ1v) is 11.9. The highest BCUT2D eigenvalue weighted by atomic mass is 19.1. The number of hydrogen-bond acceptors (Lipinski definition) is 3. The van der Waals surface area contributed by atoms with E-state index in [1.54, 1.807) is 27.7 Å². The molecule has 0 fully saturated rings. The standard InChI is InChI=1S/C28H29FN4O2/c1-3-17-32-26(31-24-16-9-8-15-23(24)27(32)34)25(4-2)33(19-20-11-6-5-7-12-20)28(35)30-22-14-10-13-21(29)18-22/h5-16,18,25H,3-4,17,19H2,1-2H3,(H,30,35). The number of anilines is 1. The molecule has 3 aromatic carbocycles. The Hall–Kier alpha value is -4.00. The average Bonchev–Trinajstić information content (AvgIpc) is 2.86. The number of benzene rings is 3. The summed E-state index contributed by atoms with van der Waals surface area (Å²) in [7, 11) is 0. The molecule has 0 spiro atoms. The maximum Gasteiger partial charge on any atom is 0.322 e. The molecule has 4 aromatic rings. The van der Waals surface area contributed by atoms with Gasteiger partial charge in [-0.3, -0.25) is 9.36 Å². The van der Waals surface area contributed by atoms with E-state index in [9.17, 15) is 14.0 Å². The monoisotopic (exact) mass is 472 g/mol. The molecule has 1 heterocycles. The largest absolute Gasteiger partial charge is 0.322 e. The van der Waals surface area contributed by atoms with Crippen LogP contribution in [0.25, 0.3) is 10.9 Å². The van der Waals surface area contributed by atoms with E-state index in [4.69, 9.17) is 4.98 Å². The number of hydrogen-bond donors (Lipinski definition) is 1. The van der Waals surface area contributed by atoms with Gasteiger partial charge in [0.1, 0.15) is 11.6 Å². The SMILES string of the molecule is CCCn1c(C(CC)N(Cc2ccccc2)C(=O)Nc2cccc(F)c2)nc2ccccc2c1=O. The fourth-order valence-corrected chi connectivity index (χ4v) is 4.29. The van der Waals surface area contributed by atoms with Crippen molar-refractivity contribution in [1.82, 2.24) is 14.5 Å². The van der Waals surface area contributed by atoms with Crippen molar-refractivity contribution in [3.8, 4) is 0 Å². The van der Waals surface area contributed by atoms with Crippen LogP contribution in [0.3, 0.4) is 0 Å². The highest BCUT2D eigenvalue weighted by molar-refractivity contribution is 5.89. The van der Waals surface area contributed by atoms with Crippen LogP contribution in [-0.4, -0.2) is 20.5 Å². The lowest BCUT2D eigenvalue weighted by Crippen LogP contribution is -2.40. The molecule has 7 heteroatoms. The third kappa shape index (κ3) is 5.40. The highest BCUT2D eigenvalue weighted by Gasteiger charge is 2.29. The molecule has 0 bridgehead atoms.